The van der Waals surface area contributed by atoms with Crippen molar-refractivity contribution < 1.29 is 9.90 Å². The molecule has 0 aliphatic carbocycles. The summed E-state index contributed by atoms with van der Waals surface area (Å²) in [7, 11) is 0. The second kappa shape index (κ2) is 11.5. The molecule has 34 heavy (non-hydrogen) atoms. The first kappa shape index (κ1) is 24.9. The number of nitrogens with zero attached hydrogens (tertiary/aromatic N) is 6. The summed E-state index contributed by atoms with van der Waals surface area (Å²) in [5.41, 5.74) is 0.539. The Hall–Kier alpha value is -2.23. The highest BCUT2D eigenvalue weighted by Crippen LogP contribution is 2.40. The van der Waals surface area contributed by atoms with Crippen molar-refractivity contribution in [1.29, 1.82) is 0 Å². The number of nitrogens with one attached hydrogen (secondary N) is 1. The van der Waals surface area contributed by atoms with Gasteiger partial charge in [0, 0.05) is 44.4 Å². The van der Waals surface area contributed by atoms with Crippen LogP contribution in [0.1, 0.15) is 51.2 Å². The molecule has 2 aromatic rings. The van der Waals surface area contributed by atoms with Crippen molar-refractivity contribution in [3.8, 4) is 0 Å². The number of carbonyl (C=O) groups is 1. The maximum absolute atomic E-state index is 11.4. The number of piperidine rings is 1. The van der Waals surface area contributed by atoms with E-state index < -0.39 is 5.97 Å². The monoisotopic (exact) mass is 471 g/mol. The third-order valence-corrected chi connectivity index (χ3v) is 7.38. The normalized spacial score (nSPS) is 19.1. The number of rotatable bonds is 12. The number of aryl methyl sites for hydroxylation is 1. The van der Waals surface area contributed by atoms with E-state index in [1.54, 1.807) is 12.4 Å². The number of aliphatic carboxylic acids is 1. The Bertz CT molecular complexity index is 887. The van der Waals surface area contributed by atoms with Gasteiger partial charge in [0.15, 0.2) is 0 Å². The van der Waals surface area contributed by atoms with Crippen LogP contribution >= 0.6 is 0 Å². The lowest BCUT2D eigenvalue weighted by Crippen LogP contribution is -2.42. The van der Waals surface area contributed by atoms with Crippen LogP contribution in [0.2, 0.25) is 0 Å². The first-order valence-corrected chi connectivity index (χ1v) is 12.8. The van der Waals surface area contributed by atoms with Crippen LogP contribution < -0.4 is 0 Å². The minimum Gasteiger partial charge on any atom is -0.480 e. The van der Waals surface area contributed by atoms with Crippen LogP contribution in [0.4, 0.5) is 0 Å². The van der Waals surface area contributed by atoms with Gasteiger partial charge < -0.3 is 24.5 Å². The zero-order valence-corrected chi connectivity index (χ0v) is 20.8. The smallest absolute Gasteiger partial charge is 0.317 e. The summed E-state index contributed by atoms with van der Waals surface area (Å²) in [4.78, 5) is 30.3. The summed E-state index contributed by atoms with van der Waals surface area (Å²) in [5.74, 6) is 1.58. The fourth-order valence-electron chi connectivity index (χ4n) is 5.67. The molecule has 0 aromatic carbocycles. The zero-order valence-electron chi connectivity index (χ0n) is 20.8. The molecule has 4 heterocycles. The molecule has 0 amide bonds. The second-order valence-electron chi connectivity index (χ2n) is 10.7. The van der Waals surface area contributed by atoms with E-state index in [-0.39, 0.29) is 6.54 Å². The van der Waals surface area contributed by atoms with Gasteiger partial charge in [0.1, 0.15) is 11.6 Å². The highest BCUT2D eigenvalue weighted by atomic mass is 16.4. The summed E-state index contributed by atoms with van der Waals surface area (Å²) >= 11 is 0. The number of H-pyrrole nitrogens is 1. The quantitative estimate of drug-likeness (QED) is 0.491. The lowest BCUT2D eigenvalue weighted by molar-refractivity contribution is -0.138. The molecule has 0 bridgehead atoms. The van der Waals surface area contributed by atoms with Gasteiger partial charge in [0.05, 0.1) is 19.6 Å². The maximum Gasteiger partial charge on any atom is 0.317 e. The first-order chi connectivity index (χ1) is 16.4. The van der Waals surface area contributed by atoms with E-state index in [0.717, 1.165) is 37.1 Å². The SMILES string of the molecule is CC(C)CN1CCC2(CC1)CCN(CCCn1ccnc1CN(CC(=O)O)Cc1ncc[nH]1)C2. The molecule has 0 unspecified atom stereocenters. The number of hydrogen-bond donors (Lipinski definition) is 2. The van der Waals surface area contributed by atoms with E-state index in [9.17, 15) is 9.90 Å². The van der Waals surface area contributed by atoms with E-state index >= 15 is 0 Å². The Morgan fingerprint density at radius 2 is 1.88 bits per heavy atom. The molecule has 0 atom stereocenters. The largest absolute Gasteiger partial charge is 0.480 e. The standard InChI is InChI=1S/C25H41N7O2/c1-21(2)16-29-12-4-25(5-13-29)6-14-30(20-25)10-3-11-32-15-9-28-23(32)18-31(19-24(33)34)17-22-26-7-8-27-22/h7-9,15,21H,3-6,10-14,16-20H2,1-2H3,(H,26,27)(H,33,34). The molecule has 0 radical (unpaired) electrons. The van der Waals surface area contributed by atoms with Crippen molar-refractivity contribution in [2.24, 2.45) is 11.3 Å². The van der Waals surface area contributed by atoms with Crippen LogP contribution in [0.25, 0.3) is 0 Å². The lowest BCUT2D eigenvalue weighted by Gasteiger charge is -2.40. The van der Waals surface area contributed by atoms with Gasteiger partial charge in [-0.25, -0.2) is 9.97 Å². The summed E-state index contributed by atoms with van der Waals surface area (Å²) in [6.45, 7) is 13.8. The van der Waals surface area contributed by atoms with E-state index in [4.69, 9.17) is 0 Å². The van der Waals surface area contributed by atoms with Gasteiger partial charge in [-0.1, -0.05) is 13.8 Å². The second-order valence-corrected chi connectivity index (χ2v) is 10.7. The number of aromatic nitrogens is 4. The number of carboxylic acids is 1. The Balaban J connectivity index is 1.23. The number of carboxylic acid groups (broad SMARTS) is 1. The van der Waals surface area contributed by atoms with Gasteiger partial charge in [-0.05, 0) is 63.2 Å². The van der Waals surface area contributed by atoms with Crippen LogP contribution in [0.3, 0.4) is 0 Å². The minimum absolute atomic E-state index is 0.0436. The molecule has 9 heteroatoms. The molecule has 2 aliphatic heterocycles. The average Bonchev–Trinajstić information content (AvgIpc) is 3.53. The third kappa shape index (κ3) is 6.90. The molecule has 0 saturated carbocycles. The topological polar surface area (TPSA) is 93.5 Å². The summed E-state index contributed by atoms with van der Waals surface area (Å²) in [6, 6.07) is 0. The van der Waals surface area contributed by atoms with E-state index in [1.807, 2.05) is 17.3 Å². The van der Waals surface area contributed by atoms with Crippen molar-refractivity contribution in [3.05, 3.63) is 36.4 Å². The van der Waals surface area contributed by atoms with Crippen LogP contribution in [0, 0.1) is 11.3 Å². The van der Waals surface area contributed by atoms with Crippen molar-refractivity contribution in [3.63, 3.8) is 0 Å². The highest BCUT2D eigenvalue weighted by molar-refractivity contribution is 5.69. The van der Waals surface area contributed by atoms with Gasteiger partial charge in [-0.2, -0.15) is 0 Å². The van der Waals surface area contributed by atoms with Gasteiger partial charge in [-0.3, -0.25) is 9.69 Å². The van der Waals surface area contributed by atoms with Crippen molar-refractivity contribution >= 4 is 5.97 Å². The lowest BCUT2D eigenvalue weighted by atomic mass is 9.77. The Morgan fingerprint density at radius 3 is 2.56 bits per heavy atom. The molecule has 2 aromatic heterocycles. The predicted molar refractivity (Wildman–Crippen MR) is 131 cm³/mol. The van der Waals surface area contributed by atoms with Crippen LogP contribution in [0.5, 0.6) is 0 Å². The van der Waals surface area contributed by atoms with Gasteiger partial charge in [0.2, 0.25) is 0 Å². The molecule has 9 nitrogen and oxygen atoms in total. The first-order valence-electron chi connectivity index (χ1n) is 12.8. The molecule has 2 saturated heterocycles. The van der Waals surface area contributed by atoms with Crippen molar-refractivity contribution in [2.75, 3.05) is 45.8 Å². The van der Waals surface area contributed by atoms with Gasteiger partial charge >= 0.3 is 5.97 Å². The minimum atomic E-state index is -0.845. The molecule has 188 valence electrons. The Kier molecular flexibility index (Phi) is 8.39. The number of aromatic amines is 1. The molecular formula is C25H41N7O2. The molecular weight excluding hydrogens is 430 g/mol. The number of likely N-dealkylation sites (tertiary alicyclic amines) is 2. The Labute approximate surface area is 203 Å². The summed E-state index contributed by atoms with van der Waals surface area (Å²) in [6.07, 6.45) is 12.4. The van der Waals surface area contributed by atoms with Crippen molar-refractivity contribution in [1.82, 2.24) is 34.2 Å². The molecule has 4 rings (SSSR count). The van der Waals surface area contributed by atoms with E-state index in [1.165, 1.54) is 52.0 Å². The number of hydrogen-bond acceptors (Lipinski definition) is 6. The molecule has 2 fully saturated rings. The van der Waals surface area contributed by atoms with E-state index in [2.05, 4.69) is 43.2 Å². The molecule has 2 aliphatic rings. The fourth-order valence-corrected chi connectivity index (χ4v) is 5.67. The van der Waals surface area contributed by atoms with Crippen LogP contribution in [0.15, 0.2) is 24.8 Å². The maximum atomic E-state index is 11.4. The van der Waals surface area contributed by atoms with Gasteiger partial charge in [0.25, 0.3) is 0 Å². The summed E-state index contributed by atoms with van der Waals surface area (Å²) < 4.78 is 2.17. The van der Waals surface area contributed by atoms with Crippen LogP contribution in [-0.4, -0.2) is 91.1 Å². The fraction of sp³-hybridized carbons (Fsp3) is 0.720. The highest BCUT2D eigenvalue weighted by Gasteiger charge is 2.40. The van der Waals surface area contributed by atoms with Crippen molar-refractivity contribution in [2.45, 2.75) is 59.2 Å². The van der Waals surface area contributed by atoms with E-state index in [0.29, 0.717) is 18.5 Å². The predicted octanol–water partition coefficient (Wildman–Crippen LogP) is 2.53. The molecule has 2 N–H and O–H groups in total. The Morgan fingerprint density at radius 1 is 1.12 bits per heavy atom. The van der Waals surface area contributed by atoms with Gasteiger partial charge in [-0.15, -0.1) is 0 Å². The van der Waals surface area contributed by atoms with Crippen LogP contribution in [-0.2, 0) is 24.4 Å². The number of imidazole rings is 2. The molecule has 1 spiro atoms. The summed E-state index contributed by atoms with van der Waals surface area (Å²) in [5, 5.41) is 9.32. The zero-order chi connectivity index (χ0) is 24.0. The third-order valence-electron chi connectivity index (χ3n) is 7.38. The average molecular weight is 472 g/mol.